The Labute approximate surface area is 89.1 Å². The fourth-order valence-corrected chi connectivity index (χ4v) is 2.01. The van der Waals surface area contributed by atoms with E-state index < -0.39 is 0 Å². The fourth-order valence-electron chi connectivity index (χ4n) is 2.01. The number of rotatable bonds is 0. The second kappa shape index (κ2) is 7.24. The Kier molecular flexibility index (Phi) is 6.20. The van der Waals surface area contributed by atoms with Crippen LogP contribution in [0.1, 0.15) is 39.0 Å². The second-order valence-corrected chi connectivity index (χ2v) is 4.80. The Morgan fingerprint density at radius 2 is 1.86 bits per heavy atom. The van der Waals surface area contributed by atoms with E-state index in [1.807, 2.05) is 0 Å². The largest absolute Gasteiger partial charge is 0.315 e. The van der Waals surface area contributed by atoms with Gasteiger partial charge in [0.25, 0.3) is 0 Å². The first kappa shape index (κ1) is 12.0. The number of nitrogens with one attached hydrogen (secondary N) is 1. The lowest BCUT2D eigenvalue weighted by atomic mass is 9.99. The van der Waals surface area contributed by atoms with Crippen molar-refractivity contribution in [2.75, 3.05) is 33.2 Å². The van der Waals surface area contributed by atoms with Gasteiger partial charge >= 0.3 is 0 Å². The summed E-state index contributed by atoms with van der Waals surface area (Å²) >= 11 is 0. The first-order valence-electron chi connectivity index (χ1n) is 6.18. The molecule has 1 aliphatic rings. The van der Waals surface area contributed by atoms with Crippen LogP contribution in [0.15, 0.2) is 0 Å². The van der Waals surface area contributed by atoms with Gasteiger partial charge < -0.3 is 10.2 Å². The van der Waals surface area contributed by atoms with Crippen LogP contribution in [0.25, 0.3) is 0 Å². The average Bonchev–Trinajstić information content (AvgIpc) is 2.17. The van der Waals surface area contributed by atoms with E-state index in [1.165, 1.54) is 51.7 Å². The SMILES string of the molecule is CC1CCCCCNCCN(C)CC1. The molecule has 1 saturated heterocycles. The van der Waals surface area contributed by atoms with Crippen LogP contribution in [0, 0.1) is 5.92 Å². The highest BCUT2D eigenvalue weighted by molar-refractivity contribution is 4.61. The van der Waals surface area contributed by atoms with Gasteiger partial charge in [0.15, 0.2) is 0 Å². The molecule has 0 spiro atoms. The van der Waals surface area contributed by atoms with Crippen molar-refractivity contribution in [3.63, 3.8) is 0 Å². The summed E-state index contributed by atoms with van der Waals surface area (Å²) in [5.41, 5.74) is 0. The summed E-state index contributed by atoms with van der Waals surface area (Å²) in [7, 11) is 2.24. The van der Waals surface area contributed by atoms with Crippen LogP contribution in [-0.4, -0.2) is 38.1 Å². The van der Waals surface area contributed by atoms with E-state index in [0.717, 1.165) is 12.5 Å². The molecule has 2 heteroatoms. The van der Waals surface area contributed by atoms with E-state index in [-0.39, 0.29) is 0 Å². The summed E-state index contributed by atoms with van der Waals surface area (Å²) in [5, 5.41) is 3.50. The lowest BCUT2D eigenvalue weighted by Gasteiger charge is -2.20. The molecule has 0 saturated carbocycles. The van der Waals surface area contributed by atoms with Crippen LogP contribution in [0.4, 0.5) is 0 Å². The van der Waals surface area contributed by atoms with Crippen LogP contribution in [0.2, 0.25) is 0 Å². The first-order valence-corrected chi connectivity index (χ1v) is 6.18. The van der Waals surface area contributed by atoms with Crippen LogP contribution < -0.4 is 5.32 Å². The van der Waals surface area contributed by atoms with Gasteiger partial charge in [0.2, 0.25) is 0 Å². The Bertz CT molecular complexity index is 120. The molecular formula is C12H26N2. The van der Waals surface area contributed by atoms with Crippen molar-refractivity contribution in [2.45, 2.75) is 39.0 Å². The molecule has 0 aromatic heterocycles. The molecule has 1 rings (SSSR count). The third-order valence-electron chi connectivity index (χ3n) is 3.22. The van der Waals surface area contributed by atoms with Crippen molar-refractivity contribution >= 4 is 0 Å². The fraction of sp³-hybridized carbons (Fsp3) is 1.00. The summed E-state index contributed by atoms with van der Waals surface area (Å²) in [5.74, 6) is 0.921. The zero-order valence-corrected chi connectivity index (χ0v) is 9.89. The summed E-state index contributed by atoms with van der Waals surface area (Å²) < 4.78 is 0. The first-order chi connectivity index (χ1) is 6.79. The predicted molar refractivity (Wildman–Crippen MR) is 62.6 cm³/mol. The standard InChI is InChI=1S/C12H26N2/c1-12-6-4-3-5-8-13-9-11-14(2)10-7-12/h12-13H,3-11H2,1-2H3. The smallest absolute Gasteiger partial charge is 0.0104 e. The molecule has 1 heterocycles. The third kappa shape index (κ3) is 5.61. The third-order valence-corrected chi connectivity index (χ3v) is 3.22. The molecule has 0 aromatic rings. The van der Waals surface area contributed by atoms with Crippen molar-refractivity contribution in [3.8, 4) is 0 Å². The quantitative estimate of drug-likeness (QED) is 0.641. The van der Waals surface area contributed by atoms with E-state index in [1.54, 1.807) is 0 Å². The minimum atomic E-state index is 0.921. The molecule has 84 valence electrons. The zero-order chi connectivity index (χ0) is 10.2. The molecule has 1 N–H and O–H groups in total. The van der Waals surface area contributed by atoms with Gasteiger partial charge in [-0.2, -0.15) is 0 Å². The van der Waals surface area contributed by atoms with Crippen molar-refractivity contribution in [3.05, 3.63) is 0 Å². The molecule has 14 heavy (non-hydrogen) atoms. The highest BCUT2D eigenvalue weighted by Gasteiger charge is 2.05. The molecule has 0 bridgehead atoms. The maximum absolute atomic E-state index is 3.50. The van der Waals surface area contributed by atoms with Crippen molar-refractivity contribution in [2.24, 2.45) is 5.92 Å². The number of hydrogen-bond acceptors (Lipinski definition) is 2. The predicted octanol–water partition coefficient (Wildman–Crippen LogP) is 2.11. The van der Waals surface area contributed by atoms with Gasteiger partial charge in [0.1, 0.15) is 0 Å². The van der Waals surface area contributed by atoms with Crippen molar-refractivity contribution in [1.82, 2.24) is 10.2 Å². The second-order valence-electron chi connectivity index (χ2n) is 4.80. The minimum absolute atomic E-state index is 0.921. The molecule has 2 nitrogen and oxygen atoms in total. The van der Waals surface area contributed by atoms with E-state index >= 15 is 0 Å². The highest BCUT2D eigenvalue weighted by atomic mass is 15.1. The lowest BCUT2D eigenvalue weighted by Crippen LogP contribution is -2.31. The molecule has 0 aliphatic carbocycles. The zero-order valence-electron chi connectivity index (χ0n) is 9.89. The monoisotopic (exact) mass is 198 g/mol. The minimum Gasteiger partial charge on any atom is -0.315 e. The van der Waals surface area contributed by atoms with E-state index in [9.17, 15) is 0 Å². The van der Waals surface area contributed by atoms with Crippen LogP contribution >= 0.6 is 0 Å². The molecule has 1 aliphatic heterocycles. The van der Waals surface area contributed by atoms with Crippen LogP contribution in [0.5, 0.6) is 0 Å². The summed E-state index contributed by atoms with van der Waals surface area (Å²) in [6.45, 7) is 7.24. The van der Waals surface area contributed by atoms with Gasteiger partial charge in [-0.1, -0.05) is 26.2 Å². The van der Waals surface area contributed by atoms with Gasteiger partial charge in [-0.05, 0) is 38.9 Å². The Morgan fingerprint density at radius 3 is 2.71 bits per heavy atom. The van der Waals surface area contributed by atoms with Gasteiger partial charge in [0, 0.05) is 13.1 Å². The van der Waals surface area contributed by atoms with E-state index in [4.69, 9.17) is 0 Å². The molecule has 0 amide bonds. The molecule has 1 atom stereocenters. The Balaban J connectivity index is 2.22. The lowest BCUT2D eigenvalue weighted by molar-refractivity contribution is 0.292. The molecular weight excluding hydrogens is 172 g/mol. The average molecular weight is 198 g/mol. The van der Waals surface area contributed by atoms with Crippen molar-refractivity contribution < 1.29 is 0 Å². The highest BCUT2D eigenvalue weighted by Crippen LogP contribution is 2.13. The van der Waals surface area contributed by atoms with Crippen molar-refractivity contribution in [1.29, 1.82) is 0 Å². The Hall–Kier alpha value is -0.0800. The van der Waals surface area contributed by atoms with E-state index in [0.29, 0.717) is 0 Å². The molecule has 1 unspecified atom stereocenters. The molecule has 1 fully saturated rings. The summed E-state index contributed by atoms with van der Waals surface area (Å²) in [4.78, 5) is 2.45. The topological polar surface area (TPSA) is 15.3 Å². The van der Waals surface area contributed by atoms with Gasteiger partial charge in [-0.3, -0.25) is 0 Å². The Morgan fingerprint density at radius 1 is 1.00 bits per heavy atom. The maximum Gasteiger partial charge on any atom is 0.0104 e. The van der Waals surface area contributed by atoms with Gasteiger partial charge in [0.05, 0.1) is 0 Å². The summed E-state index contributed by atoms with van der Waals surface area (Å²) in [6, 6.07) is 0. The number of nitrogens with zero attached hydrogens (tertiary/aromatic N) is 1. The van der Waals surface area contributed by atoms with Crippen LogP contribution in [-0.2, 0) is 0 Å². The van der Waals surface area contributed by atoms with Gasteiger partial charge in [-0.25, -0.2) is 0 Å². The normalized spacial score (nSPS) is 29.1. The van der Waals surface area contributed by atoms with E-state index in [2.05, 4.69) is 24.2 Å². The maximum atomic E-state index is 3.50. The number of hydrogen-bond donors (Lipinski definition) is 1. The van der Waals surface area contributed by atoms with Crippen LogP contribution in [0.3, 0.4) is 0 Å². The van der Waals surface area contributed by atoms with Gasteiger partial charge in [-0.15, -0.1) is 0 Å². The molecule has 0 radical (unpaired) electrons. The summed E-state index contributed by atoms with van der Waals surface area (Å²) in [6.07, 6.45) is 6.99. The molecule has 0 aromatic carbocycles. The number of likely N-dealkylation sites (N-methyl/N-ethyl adjacent to an activating group) is 1.